The molecule has 1 aliphatic heterocycles. The molecule has 172 valence electrons. The van der Waals surface area contributed by atoms with Crippen LogP contribution in [0.2, 0.25) is 0 Å². The molecule has 0 atom stereocenters. The molecule has 2 aromatic carbocycles. The monoisotopic (exact) mass is 474 g/mol. The Morgan fingerprint density at radius 1 is 1.00 bits per heavy atom. The Labute approximate surface area is 193 Å². The lowest BCUT2D eigenvalue weighted by atomic mass is 10.1. The summed E-state index contributed by atoms with van der Waals surface area (Å²) in [6.45, 7) is 1.53. The summed E-state index contributed by atoms with van der Waals surface area (Å²) in [4.78, 5) is 26.8. The molecule has 1 fully saturated rings. The van der Waals surface area contributed by atoms with E-state index in [4.69, 9.17) is 4.42 Å². The van der Waals surface area contributed by atoms with Crippen LogP contribution >= 0.6 is 11.8 Å². The molecule has 0 spiro atoms. The van der Waals surface area contributed by atoms with Gasteiger partial charge in [-0.15, -0.1) is 0 Å². The number of thioether (sulfide) groups is 1. The fourth-order valence-corrected chi connectivity index (χ4v) is 4.36. The van der Waals surface area contributed by atoms with Crippen molar-refractivity contribution in [1.82, 2.24) is 4.90 Å². The largest absolute Gasteiger partial charge is 0.451 e. The molecule has 1 aromatic heterocycles. The van der Waals surface area contributed by atoms with Crippen LogP contribution in [-0.2, 0) is 17.4 Å². The van der Waals surface area contributed by atoms with Crippen molar-refractivity contribution in [2.24, 2.45) is 0 Å². The number of benzene rings is 2. The minimum absolute atomic E-state index is 0.0235. The lowest BCUT2D eigenvalue weighted by Crippen LogP contribution is -2.38. The van der Waals surface area contributed by atoms with Gasteiger partial charge in [0.1, 0.15) is 5.76 Å². The summed E-state index contributed by atoms with van der Waals surface area (Å²) in [6, 6.07) is 14.5. The smallest absolute Gasteiger partial charge is 0.416 e. The van der Waals surface area contributed by atoms with Crippen LogP contribution in [0, 0.1) is 0 Å². The predicted molar refractivity (Wildman–Crippen MR) is 121 cm³/mol. The van der Waals surface area contributed by atoms with Gasteiger partial charge in [0.15, 0.2) is 5.76 Å². The molecule has 1 N–H and O–H groups in total. The molecule has 0 saturated carbocycles. The zero-order chi connectivity index (χ0) is 23.4. The van der Waals surface area contributed by atoms with Crippen LogP contribution in [-0.4, -0.2) is 41.3 Å². The standard InChI is InChI=1S/C24H21F3N2O3S/c25-24(26,27)18-3-1-2-17(15-18)20-8-9-21(32-20)23(31)28-19-6-4-16(5-7-19)14-22(30)29-10-12-33-13-11-29/h1-9,15H,10-14H2,(H,28,31). The first-order chi connectivity index (χ1) is 15.8. The van der Waals surface area contributed by atoms with Gasteiger partial charge in [-0.2, -0.15) is 24.9 Å². The summed E-state index contributed by atoms with van der Waals surface area (Å²) >= 11 is 1.84. The molecule has 5 nitrogen and oxygen atoms in total. The van der Waals surface area contributed by atoms with E-state index in [1.54, 1.807) is 24.3 Å². The quantitative estimate of drug-likeness (QED) is 0.543. The molecule has 33 heavy (non-hydrogen) atoms. The maximum atomic E-state index is 12.9. The molecule has 1 aliphatic rings. The van der Waals surface area contributed by atoms with Crippen molar-refractivity contribution in [1.29, 1.82) is 0 Å². The van der Waals surface area contributed by atoms with Crippen LogP contribution < -0.4 is 5.32 Å². The van der Waals surface area contributed by atoms with E-state index in [1.807, 2.05) is 16.7 Å². The topological polar surface area (TPSA) is 62.6 Å². The van der Waals surface area contributed by atoms with E-state index in [2.05, 4.69) is 5.32 Å². The van der Waals surface area contributed by atoms with Crippen molar-refractivity contribution >= 4 is 29.3 Å². The number of anilines is 1. The molecule has 2 amide bonds. The van der Waals surface area contributed by atoms with Crippen molar-refractivity contribution in [2.45, 2.75) is 12.6 Å². The normalized spacial score (nSPS) is 14.2. The Morgan fingerprint density at radius 2 is 1.73 bits per heavy atom. The number of furan rings is 1. The second-order valence-corrected chi connectivity index (χ2v) is 8.79. The summed E-state index contributed by atoms with van der Waals surface area (Å²) in [5.41, 5.74) is 0.800. The highest BCUT2D eigenvalue weighted by atomic mass is 32.2. The minimum Gasteiger partial charge on any atom is -0.451 e. The molecular weight excluding hydrogens is 453 g/mol. The van der Waals surface area contributed by atoms with Gasteiger partial charge in [0.25, 0.3) is 5.91 Å². The SMILES string of the molecule is O=C(Nc1ccc(CC(=O)N2CCSCC2)cc1)c1ccc(-c2cccc(C(F)(F)F)c2)o1. The van der Waals surface area contributed by atoms with Crippen LogP contribution in [0.15, 0.2) is 65.1 Å². The van der Waals surface area contributed by atoms with Gasteiger partial charge in [0, 0.05) is 35.8 Å². The Balaban J connectivity index is 1.38. The zero-order valence-electron chi connectivity index (χ0n) is 17.5. The van der Waals surface area contributed by atoms with Crippen LogP contribution in [0.25, 0.3) is 11.3 Å². The first-order valence-corrected chi connectivity index (χ1v) is 11.5. The number of amides is 2. The molecule has 0 bridgehead atoms. The number of nitrogens with zero attached hydrogens (tertiary/aromatic N) is 1. The summed E-state index contributed by atoms with van der Waals surface area (Å²) in [6.07, 6.45) is -4.16. The Bertz CT molecular complexity index is 1140. The average molecular weight is 475 g/mol. The van der Waals surface area contributed by atoms with Crippen LogP contribution in [0.3, 0.4) is 0 Å². The molecule has 0 aliphatic carbocycles. The van der Waals surface area contributed by atoms with Crippen molar-refractivity contribution in [3.8, 4) is 11.3 Å². The van der Waals surface area contributed by atoms with Gasteiger partial charge in [0.05, 0.1) is 12.0 Å². The third kappa shape index (κ3) is 5.78. The molecule has 1 saturated heterocycles. The van der Waals surface area contributed by atoms with E-state index in [0.717, 1.165) is 42.3 Å². The number of rotatable bonds is 5. The molecular formula is C24H21F3N2O3S. The third-order valence-electron chi connectivity index (χ3n) is 5.24. The zero-order valence-corrected chi connectivity index (χ0v) is 18.3. The second-order valence-electron chi connectivity index (χ2n) is 7.56. The summed E-state index contributed by atoms with van der Waals surface area (Å²) in [5, 5.41) is 2.69. The van der Waals surface area contributed by atoms with Gasteiger partial charge >= 0.3 is 6.18 Å². The average Bonchev–Trinajstić information content (AvgIpc) is 3.31. The third-order valence-corrected chi connectivity index (χ3v) is 6.18. The van der Waals surface area contributed by atoms with Crippen LogP contribution in [0.4, 0.5) is 18.9 Å². The summed E-state index contributed by atoms with van der Waals surface area (Å²) in [5.74, 6) is 1.62. The number of halogens is 3. The fraction of sp³-hybridized carbons (Fsp3) is 0.250. The lowest BCUT2D eigenvalue weighted by Gasteiger charge is -2.26. The van der Waals surface area contributed by atoms with E-state index in [1.165, 1.54) is 24.3 Å². The molecule has 3 aromatic rings. The van der Waals surface area contributed by atoms with Crippen molar-refractivity contribution in [2.75, 3.05) is 29.9 Å². The van der Waals surface area contributed by atoms with Gasteiger partial charge in [-0.1, -0.05) is 24.3 Å². The van der Waals surface area contributed by atoms with E-state index < -0.39 is 17.6 Å². The fourth-order valence-electron chi connectivity index (χ4n) is 3.46. The predicted octanol–water partition coefficient (Wildman–Crippen LogP) is 5.34. The number of carbonyl (C=O) groups excluding carboxylic acids is 2. The summed E-state index contributed by atoms with van der Waals surface area (Å²) in [7, 11) is 0. The maximum absolute atomic E-state index is 12.9. The van der Waals surface area contributed by atoms with E-state index in [-0.39, 0.29) is 23.0 Å². The first kappa shape index (κ1) is 23.0. The van der Waals surface area contributed by atoms with Gasteiger partial charge in [-0.3, -0.25) is 9.59 Å². The maximum Gasteiger partial charge on any atom is 0.416 e. The highest BCUT2D eigenvalue weighted by molar-refractivity contribution is 7.99. The van der Waals surface area contributed by atoms with Crippen LogP contribution in [0.5, 0.6) is 0 Å². The van der Waals surface area contributed by atoms with E-state index in [0.29, 0.717) is 12.1 Å². The number of nitrogens with one attached hydrogen (secondary N) is 1. The number of hydrogen-bond donors (Lipinski definition) is 1. The van der Waals surface area contributed by atoms with Crippen molar-refractivity contribution in [3.63, 3.8) is 0 Å². The second kappa shape index (κ2) is 9.74. The van der Waals surface area contributed by atoms with Gasteiger partial charge in [-0.25, -0.2) is 0 Å². The molecule has 2 heterocycles. The minimum atomic E-state index is -4.47. The number of hydrogen-bond acceptors (Lipinski definition) is 4. The van der Waals surface area contributed by atoms with Crippen molar-refractivity contribution in [3.05, 3.63) is 77.6 Å². The van der Waals surface area contributed by atoms with Crippen molar-refractivity contribution < 1.29 is 27.2 Å². The number of alkyl halides is 3. The number of carbonyl (C=O) groups is 2. The van der Waals surface area contributed by atoms with Gasteiger partial charge in [-0.05, 0) is 42.0 Å². The Morgan fingerprint density at radius 3 is 2.42 bits per heavy atom. The molecule has 0 radical (unpaired) electrons. The Hall–Kier alpha value is -3.20. The molecule has 4 rings (SSSR count). The van der Waals surface area contributed by atoms with Crippen LogP contribution in [0.1, 0.15) is 21.7 Å². The Kier molecular flexibility index (Phi) is 6.78. The molecule has 9 heteroatoms. The highest BCUT2D eigenvalue weighted by Crippen LogP contribution is 2.32. The lowest BCUT2D eigenvalue weighted by molar-refractivity contribution is -0.137. The van der Waals surface area contributed by atoms with Gasteiger partial charge in [0.2, 0.25) is 5.91 Å². The molecule has 0 unspecified atom stereocenters. The van der Waals surface area contributed by atoms with E-state index >= 15 is 0 Å². The highest BCUT2D eigenvalue weighted by Gasteiger charge is 2.30. The van der Waals surface area contributed by atoms with Gasteiger partial charge < -0.3 is 14.6 Å². The first-order valence-electron chi connectivity index (χ1n) is 10.3. The summed E-state index contributed by atoms with van der Waals surface area (Å²) < 4.78 is 44.3. The van der Waals surface area contributed by atoms with E-state index in [9.17, 15) is 22.8 Å².